The second kappa shape index (κ2) is 13.0. The van der Waals surface area contributed by atoms with Crippen molar-refractivity contribution in [2.24, 2.45) is 0 Å². The molecule has 0 unspecified atom stereocenters. The lowest BCUT2D eigenvalue weighted by Gasteiger charge is -2.15. The molecule has 0 bridgehead atoms. The highest BCUT2D eigenvalue weighted by molar-refractivity contribution is 6.15. The van der Waals surface area contributed by atoms with E-state index in [0.717, 1.165) is 26.5 Å². The molecule has 0 aliphatic carbocycles. The maximum atomic E-state index is 9.61. The van der Waals surface area contributed by atoms with Crippen molar-refractivity contribution in [2.45, 2.75) is 0 Å². The lowest BCUT2D eigenvalue weighted by atomic mass is 9.96. The Kier molecular flexibility index (Phi) is 5.10. The summed E-state index contributed by atoms with van der Waals surface area (Å²) in [7, 11) is 0. The smallest absolute Gasteiger partial charge is 0.164 e. The molecule has 56 heavy (non-hydrogen) atoms. The van der Waals surface area contributed by atoms with Crippen LogP contribution in [0.25, 0.3) is 106 Å². The van der Waals surface area contributed by atoms with E-state index < -0.39 is 78.2 Å². The van der Waals surface area contributed by atoms with Crippen LogP contribution >= 0.6 is 0 Å². The Labute approximate surface area is 339 Å². The zero-order valence-corrected chi connectivity index (χ0v) is 29.2. The normalized spacial score (nSPS) is 14.6. The van der Waals surface area contributed by atoms with Gasteiger partial charge in [-0.05, 0) is 47.0 Å². The average molecular weight is 729 g/mol. The Morgan fingerprint density at radius 2 is 1.04 bits per heavy atom. The van der Waals surface area contributed by atoms with E-state index in [1.54, 1.807) is 24.3 Å². The maximum absolute atomic E-state index is 9.61. The van der Waals surface area contributed by atoms with Gasteiger partial charge in [0.1, 0.15) is 11.2 Å². The number of aromatic nitrogens is 4. The lowest BCUT2D eigenvalue weighted by molar-refractivity contribution is 0.669. The summed E-state index contributed by atoms with van der Waals surface area (Å²) in [5.41, 5.74) is 4.08. The number of fused-ring (bicyclic) bond motifs is 6. The van der Waals surface area contributed by atoms with Crippen molar-refractivity contribution in [1.29, 1.82) is 0 Å². The van der Waals surface area contributed by atoms with Crippen LogP contribution in [-0.2, 0) is 0 Å². The van der Waals surface area contributed by atoms with Crippen molar-refractivity contribution in [2.75, 3.05) is 0 Å². The van der Waals surface area contributed by atoms with Gasteiger partial charge in [0.15, 0.2) is 17.5 Å². The van der Waals surface area contributed by atoms with E-state index >= 15 is 0 Å². The van der Waals surface area contributed by atoms with Gasteiger partial charge in [-0.15, -0.1) is 0 Å². The third-order valence-electron chi connectivity index (χ3n) is 9.89. The average Bonchev–Trinajstić information content (AvgIpc) is 3.93. The van der Waals surface area contributed by atoms with Gasteiger partial charge >= 0.3 is 0 Å². The number of hydrogen-bond acceptors (Lipinski definition) is 4. The number of nitrogens with zero attached hydrogens (tertiary/aromatic N) is 4. The zero-order valence-electron chi connectivity index (χ0n) is 41.2. The molecule has 3 heterocycles. The summed E-state index contributed by atoms with van der Waals surface area (Å²) >= 11 is 0. The minimum atomic E-state index is -0.712. The number of furan rings is 1. The van der Waals surface area contributed by atoms with Gasteiger partial charge in [-0.25, -0.2) is 15.0 Å². The summed E-state index contributed by atoms with van der Waals surface area (Å²) < 4.78 is 115. The fourth-order valence-corrected chi connectivity index (χ4v) is 7.39. The predicted octanol–water partition coefficient (Wildman–Crippen LogP) is 13.2. The quantitative estimate of drug-likeness (QED) is 0.171. The molecule has 0 atom stereocenters. The van der Waals surface area contributed by atoms with Gasteiger partial charge in [0.25, 0.3) is 0 Å². The highest BCUT2D eigenvalue weighted by atomic mass is 16.3. The van der Waals surface area contributed by atoms with E-state index in [0.29, 0.717) is 33.7 Å². The van der Waals surface area contributed by atoms with Gasteiger partial charge in [0, 0.05) is 49.5 Å². The molecule has 262 valence electrons. The van der Waals surface area contributed by atoms with Crippen LogP contribution in [-0.4, -0.2) is 19.5 Å². The molecule has 8 aromatic carbocycles. The monoisotopic (exact) mass is 728 g/mol. The molecule has 11 rings (SSSR count). The Morgan fingerprint density at radius 1 is 0.411 bits per heavy atom. The van der Waals surface area contributed by atoms with Crippen LogP contribution in [0.4, 0.5) is 0 Å². The van der Waals surface area contributed by atoms with E-state index in [1.807, 2.05) is 97.1 Å². The first kappa shape index (κ1) is 21.9. The molecular formula is C51H32N4O. The van der Waals surface area contributed by atoms with E-state index in [2.05, 4.69) is 0 Å². The van der Waals surface area contributed by atoms with Crippen LogP contribution in [0.1, 0.15) is 16.4 Å². The summed E-state index contributed by atoms with van der Waals surface area (Å²) in [6.45, 7) is 0. The van der Waals surface area contributed by atoms with Gasteiger partial charge < -0.3 is 8.98 Å². The molecule has 0 aliphatic rings. The Hall–Kier alpha value is -7.63. The summed E-state index contributed by atoms with van der Waals surface area (Å²) in [6.07, 6.45) is 0. The maximum Gasteiger partial charge on any atom is 0.164 e. The van der Waals surface area contributed by atoms with E-state index in [1.165, 1.54) is 0 Å². The minimum Gasteiger partial charge on any atom is -0.456 e. The van der Waals surface area contributed by atoms with Crippen LogP contribution in [0.3, 0.4) is 0 Å². The van der Waals surface area contributed by atoms with Crippen LogP contribution in [0.5, 0.6) is 0 Å². The van der Waals surface area contributed by atoms with Crippen LogP contribution in [0.15, 0.2) is 198 Å². The first-order chi connectivity index (χ1) is 32.8. The molecule has 5 nitrogen and oxygen atoms in total. The molecule has 0 saturated carbocycles. The standard InChI is InChI=1S/C51H32N4O/c1-3-15-33(16-4-1)34-29-31-35(32-30-34)49-52-50(54-51(53-49)43-25-14-28-46-47(43)42-22-10-12-27-45(42)56-46)41-21-8-7-19-37(41)39-23-13-24-40-38-20-9-11-26-44(38)55(48(39)40)36-17-5-2-6-18-36/h1-32H/i2D,5D,6D,9D,11D,13D,17D,18D,20D,23D,24D,26D. The summed E-state index contributed by atoms with van der Waals surface area (Å²) in [6, 6.07) is 30.0. The molecule has 11 aromatic rings. The molecular weight excluding hydrogens is 685 g/mol. The van der Waals surface area contributed by atoms with E-state index in [9.17, 15) is 5.48 Å². The van der Waals surface area contributed by atoms with Crippen molar-refractivity contribution >= 4 is 43.7 Å². The third kappa shape index (κ3) is 5.21. The van der Waals surface area contributed by atoms with Gasteiger partial charge in [0.2, 0.25) is 0 Å². The van der Waals surface area contributed by atoms with Crippen LogP contribution < -0.4 is 0 Å². The highest BCUT2D eigenvalue weighted by Crippen LogP contribution is 2.42. The van der Waals surface area contributed by atoms with E-state index in [4.69, 9.17) is 30.3 Å². The first-order valence-electron chi connectivity index (χ1n) is 23.8. The number of benzene rings is 8. The predicted molar refractivity (Wildman–Crippen MR) is 229 cm³/mol. The van der Waals surface area contributed by atoms with Crippen molar-refractivity contribution in [3.63, 3.8) is 0 Å². The van der Waals surface area contributed by atoms with Crippen molar-refractivity contribution < 1.29 is 20.9 Å². The number of hydrogen-bond donors (Lipinski definition) is 0. The molecule has 0 N–H and O–H groups in total. The second-order valence-corrected chi connectivity index (χ2v) is 13.1. The molecule has 0 spiro atoms. The van der Waals surface area contributed by atoms with Gasteiger partial charge in [-0.3, -0.25) is 0 Å². The largest absolute Gasteiger partial charge is 0.456 e. The van der Waals surface area contributed by atoms with E-state index in [-0.39, 0.29) is 44.6 Å². The zero-order chi connectivity index (χ0) is 47.4. The first-order valence-corrected chi connectivity index (χ1v) is 17.8. The van der Waals surface area contributed by atoms with Crippen molar-refractivity contribution in [3.8, 4) is 62.1 Å². The summed E-state index contributed by atoms with van der Waals surface area (Å²) in [5.74, 6) is 0.696. The van der Waals surface area contributed by atoms with Crippen LogP contribution in [0, 0.1) is 0 Å². The van der Waals surface area contributed by atoms with Gasteiger partial charge in [-0.2, -0.15) is 0 Å². The minimum absolute atomic E-state index is 0.0740. The third-order valence-corrected chi connectivity index (χ3v) is 9.89. The molecule has 0 radical (unpaired) electrons. The summed E-state index contributed by atoms with van der Waals surface area (Å²) in [5, 5.41) is 1.20. The Morgan fingerprint density at radius 3 is 1.89 bits per heavy atom. The summed E-state index contributed by atoms with van der Waals surface area (Å²) in [4.78, 5) is 15.2. The van der Waals surface area contributed by atoms with Gasteiger partial charge in [-0.1, -0.05) is 164 Å². The Balaban J connectivity index is 1.26. The SMILES string of the molecule is [2H]c1c([2H])c([2H])c(-n2c3c([2H])c([2H])c([2H])c([2H])c3c3c([2H])c([2H])c([2H])c(-c4ccccc4-c4nc(-c5ccc(-c6ccccc6)cc5)nc(-c5cccc6oc7ccccc7c56)n4)c32)c([2H])c1[2H]. The highest BCUT2D eigenvalue weighted by Gasteiger charge is 2.22. The van der Waals surface area contributed by atoms with Crippen molar-refractivity contribution in [3.05, 3.63) is 194 Å². The molecule has 0 amide bonds. The molecule has 5 heteroatoms. The molecule has 0 aliphatic heterocycles. The topological polar surface area (TPSA) is 56.7 Å². The molecule has 0 saturated heterocycles. The lowest BCUT2D eigenvalue weighted by Crippen LogP contribution is -2.02. The van der Waals surface area contributed by atoms with Crippen LogP contribution in [0.2, 0.25) is 0 Å². The molecule has 3 aromatic heterocycles. The van der Waals surface area contributed by atoms with Gasteiger partial charge in [0.05, 0.1) is 27.5 Å². The number of rotatable bonds is 6. The molecule has 0 fully saturated rings. The number of para-hydroxylation sites is 4. The fourth-order valence-electron chi connectivity index (χ4n) is 7.39. The fraction of sp³-hybridized carbons (Fsp3) is 0. The van der Waals surface area contributed by atoms with Crippen molar-refractivity contribution in [1.82, 2.24) is 19.5 Å². The Bertz CT molecular complexity index is 3920. The second-order valence-electron chi connectivity index (χ2n) is 13.1.